The summed E-state index contributed by atoms with van der Waals surface area (Å²) >= 11 is 0. The fourth-order valence-corrected chi connectivity index (χ4v) is 1.85. The first-order valence-electron chi connectivity index (χ1n) is 8.44. The van der Waals surface area contributed by atoms with Crippen molar-refractivity contribution < 1.29 is 19.0 Å². The van der Waals surface area contributed by atoms with Crippen LogP contribution in [0.1, 0.15) is 57.5 Å². The highest BCUT2D eigenvalue weighted by Gasteiger charge is 2.21. The molecule has 0 bridgehead atoms. The summed E-state index contributed by atoms with van der Waals surface area (Å²) in [7, 11) is 0. The molecule has 0 fully saturated rings. The fourth-order valence-electron chi connectivity index (χ4n) is 1.85. The van der Waals surface area contributed by atoms with Crippen molar-refractivity contribution in [3.63, 3.8) is 0 Å². The van der Waals surface area contributed by atoms with Crippen molar-refractivity contribution in [3.05, 3.63) is 35.4 Å². The van der Waals surface area contributed by atoms with Gasteiger partial charge in [-0.2, -0.15) is 0 Å². The van der Waals surface area contributed by atoms with E-state index in [9.17, 15) is 4.79 Å². The van der Waals surface area contributed by atoms with Crippen molar-refractivity contribution >= 4 is 5.97 Å². The van der Waals surface area contributed by atoms with Gasteiger partial charge in [0, 0.05) is 0 Å². The predicted octanol–water partition coefficient (Wildman–Crippen LogP) is 4.60. The lowest BCUT2D eigenvalue weighted by molar-refractivity contribution is -0.186. The molecule has 0 unspecified atom stereocenters. The number of rotatable bonds is 7. The van der Waals surface area contributed by atoms with E-state index in [1.807, 2.05) is 25.1 Å². The molecule has 1 rings (SSSR count). The number of ether oxygens (including phenoxy) is 3. The van der Waals surface area contributed by atoms with Crippen LogP contribution in [0.2, 0.25) is 0 Å². The Balaban J connectivity index is 2.63. The SMILES string of the molecule is Cc1ccccc1C(=O)OCC(OCC(C)(C)C)OCC(C)(C)C. The van der Waals surface area contributed by atoms with Crippen LogP contribution in [0.15, 0.2) is 24.3 Å². The van der Waals surface area contributed by atoms with Crippen LogP contribution < -0.4 is 0 Å². The largest absolute Gasteiger partial charge is 0.457 e. The minimum absolute atomic E-state index is 0.0172. The maximum Gasteiger partial charge on any atom is 0.338 e. The van der Waals surface area contributed by atoms with Gasteiger partial charge >= 0.3 is 5.97 Å². The van der Waals surface area contributed by atoms with E-state index in [1.54, 1.807) is 6.07 Å². The summed E-state index contributed by atoms with van der Waals surface area (Å²) in [6, 6.07) is 7.38. The van der Waals surface area contributed by atoms with E-state index in [-0.39, 0.29) is 23.4 Å². The third-order valence-electron chi connectivity index (χ3n) is 3.12. The number of hydrogen-bond acceptors (Lipinski definition) is 4. The minimum Gasteiger partial charge on any atom is -0.457 e. The molecule has 0 spiro atoms. The van der Waals surface area contributed by atoms with Crippen molar-refractivity contribution in [3.8, 4) is 0 Å². The molecule has 0 N–H and O–H groups in total. The molecule has 0 radical (unpaired) electrons. The predicted molar refractivity (Wildman–Crippen MR) is 96.1 cm³/mol. The Morgan fingerprint density at radius 2 is 1.46 bits per heavy atom. The van der Waals surface area contributed by atoms with Gasteiger partial charge in [0.2, 0.25) is 0 Å². The molecule has 0 aliphatic carbocycles. The van der Waals surface area contributed by atoms with Crippen LogP contribution in [-0.4, -0.2) is 32.1 Å². The van der Waals surface area contributed by atoms with Gasteiger partial charge < -0.3 is 14.2 Å². The summed E-state index contributed by atoms with van der Waals surface area (Å²) in [6.45, 7) is 15.6. The Bertz CT molecular complexity index is 505. The summed E-state index contributed by atoms with van der Waals surface area (Å²) < 4.78 is 17.1. The van der Waals surface area contributed by atoms with E-state index in [0.29, 0.717) is 18.8 Å². The highest BCUT2D eigenvalue weighted by atomic mass is 16.7. The molecular weight excluding hydrogens is 304 g/mol. The Hall–Kier alpha value is -1.39. The average molecular weight is 336 g/mol. The van der Waals surface area contributed by atoms with Crippen molar-refractivity contribution in [2.75, 3.05) is 19.8 Å². The number of carbonyl (C=O) groups is 1. The van der Waals surface area contributed by atoms with Gasteiger partial charge in [-0.05, 0) is 29.4 Å². The fraction of sp³-hybridized carbons (Fsp3) is 0.650. The lowest BCUT2D eigenvalue weighted by atomic mass is 9.98. The molecule has 136 valence electrons. The second-order valence-corrected chi connectivity index (χ2v) is 8.59. The van der Waals surface area contributed by atoms with Crippen LogP contribution in [0.3, 0.4) is 0 Å². The first kappa shape index (κ1) is 20.7. The Morgan fingerprint density at radius 1 is 0.958 bits per heavy atom. The molecule has 24 heavy (non-hydrogen) atoms. The standard InChI is InChI=1S/C20H32O4/c1-15-10-8-9-11-16(15)18(21)22-12-17(23-13-19(2,3)4)24-14-20(5,6)7/h8-11,17H,12-14H2,1-7H3. The van der Waals surface area contributed by atoms with Gasteiger partial charge in [-0.15, -0.1) is 0 Å². The molecule has 0 amide bonds. The summed E-state index contributed by atoms with van der Waals surface area (Å²) in [5.41, 5.74) is 1.50. The zero-order valence-corrected chi connectivity index (χ0v) is 16.1. The molecule has 1 aromatic rings. The zero-order valence-electron chi connectivity index (χ0n) is 16.1. The number of aryl methyl sites for hydroxylation is 1. The van der Waals surface area contributed by atoms with E-state index in [1.165, 1.54) is 0 Å². The number of benzene rings is 1. The van der Waals surface area contributed by atoms with E-state index in [0.717, 1.165) is 5.56 Å². The summed E-state index contributed by atoms with van der Waals surface area (Å²) in [6.07, 6.45) is -0.559. The van der Waals surface area contributed by atoms with Gasteiger partial charge in [0.05, 0.1) is 18.8 Å². The molecule has 0 saturated carbocycles. The lowest BCUT2D eigenvalue weighted by Crippen LogP contribution is -2.32. The van der Waals surface area contributed by atoms with Crippen LogP contribution in [0.5, 0.6) is 0 Å². The van der Waals surface area contributed by atoms with E-state index >= 15 is 0 Å². The number of carbonyl (C=O) groups excluding carboxylic acids is 1. The molecule has 0 aliphatic rings. The molecule has 0 atom stereocenters. The Morgan fingerprint density at radius 3 is 1.92 bits per heavy atom. The molecule has 0 saturated heterocycles. The maximum absolute atomic E-state index is 12.2. The average Bonchev–Trinajstić information content (AvgIpc) is 2.44. The summed E-state index contributed by atoms with van der Waals surface area (Å²) in [5, 5.41) is 0. The van der Waals surface area contributed by atoms with E-state index in [4.69, 9.17) is 14.2 Å². The van der Waals surface area contributed by atoms with Gasteiger partial charge in [-0.25, -0.2) is 4.79 Å². The van der Waals surface area contributed by atoms with Crippen molar-refractivity contribution in [1.82, 2.24) is 0 Å². The normalized spacial score (nSPS) is 12.5. The molecule has 4 heteroatoms. The first-order valence-corrected chi connectivity index (χ1v) is 8.44. The van der Waals surface area contributed by atoms with Crippen molar-refractivity contribution in [1.29, 1.82) is 0 Å². The van der Waals surface area contributed by atoms with Crippen LogP contribution in [-0.2, 0) is 14.2 Å². The van der Waals surface area contributed by atoms with E-state index in [2.05, 4.69) is 41.5 Å². The second kappa shape index (κ2) is 8.63. The maximum atomic E-state index is 12.2. The van der Waals surface area contributed by atoms with Crippen LogP contribution in [0, 0.1) is 17.8 Å². The Labute approximate surface area is 146 Å². The zero-order chi connectivity index (χ0) is 18.4. The smallest absolute Gasteiger partial charge is 0.338 e. The summed E-state index contributed by atoms with van der Waals surface area (Å²) in [4.78, 5) is 12.2. The molecular formula is C20H32O4. The number of esters is 1. The van der Waals surface area contributed by atoms with Crippen molar-refractivity contribution in [2.24, 2.45) is 10.8 Å². The highest BCUT2D eigenvalue weighted by Crippen LogP contribution is 2.18. The van der Waals surface area contributed by atoms with Gasteiger partial charge in [-0.1, -0.05) is 59.7 Å². The van der Waals surface area contributed by atoms with Gasteiger partial charge in [0.15, 0.2) is 6.29 Å². The van der Waals surface area contributed by atoms with Crippen LogP contribution >= 0.6 is 0 Å². The highest BCUT2D eigenvalue weighted by molar-refractivity contribution is 5.90. The summed E-state index contributed by atoms with van der Waals surface area (Å²) in [5.74, 6) is -0.350. The quantitative estimate of drug-likeness (QED) is 0.539. The number of hydrogen-bond donors (Lipinski definition) is 0. The van der Waals surface area contributed by atoms with Crippen molar-refractivity contribution in [2.45, 2.75) is 54.8 Å². The molecule has 0 heterocycles. The van der Waals surface area contributed by atoms with E-state index < -0.39 is 6.29 Å². The van der Waals surface area contributed by atoms with Gasteiger partial charge in [0.25, 0.3) is 0 Å². The van der Waals surface area contributed by atoms with Crippen LogP contribution in [0.25, 0.3) is 0 Å². The second-order valence-electron chi connectivity index (χ2n) is 8.59. The van der Waals surface area contributed by atoms with Crippen LogP contribution in [0.4, 0.5) is 0 Å². The molecule has 0 aliphatic heterocycles. The first-order chi connectivity index (χ1) is 11.0. The molecule has 4 nitrogen and oxygen atoms in total. The third-order valence-corrected chi connectivity index (χ3v) is 3.12. The molecule has 1 aromatic carbocycles. The van der Waals surface area contributed by atoms with Gasteiger partial charge in [0.1, 0.15) is 6.61 Å². The molecule has 0 aromatic heterocycles. The lowest BCUT2D eigenvalue weighted by Gasteiger charge is -2.27. The Kier molecular flexibility index (Phi) is 7.43. The topological polar surface area (TPSA) is 44.8 Å². The minimum atomic E-state index is -0.559. The third kappa shape index (κ3) is 8.46. The van der Waals surface area contributed by atoms with Gasteiger partial charge in [-0.3, -0.25) is 0 Å². The monoisotopic (exact) mass is 336 g/mol.